The first-order chi connectivity index (χ1) is 9.72. The number of piperidine rings is 2. The average Bonchev–Trinajstić information content (AvgIpc) is 3.09. The smallest absolute Gasteiger partial charge is 0.227 e. The Bertz CT molecular complexity index is 399. The molecule has 5 atom stereocenters. The Balaban J connectivity index is 1.41. The Morgan fingerprint density at radius 3 is 2.80 bits per heavy atom. The number of hydrogen-bond acceptors (Lipinski definition) is 3. The molecule has 4 fully saturated rings. The van der Waals surface area contributed by atoms with Crippen LogP contribution in [0.25, 0.3) is 0 Å². The van der Waals surface area contributed by atoms with Crippen LogP contribution in [-0.4, -0.2) is 60.5 Å². The summed E-state index contributed by atoms with van der Waals surface area (Å²) in [6, 6.07) is 1.84. The number of rotatable bonds is 1. The monoisotopic (exact) mass is 277 g/mol. The highest BCUT2D eigenvalue weighted by Crippen LogP contribution is 2.36. The lowest BCUT2D eigenvalue weighted by atomic mass is 9.82. The fourth-order valence-electron chi connectivity index (χ4n) is 5.18. The van der Waals surface area contributed by atoms with Crippen molar-refractivity contribution in [2.75, 3.05) is 26.7 Å². The summed E-state index contributed by atoms with van der Waals surface area (Å²) >= 11 is 0. The average molecular weight is 277 g/mol. The Morgan fingerprint density at radius 2 is 2.05 bits per heavy atom. The van der Waals surface area contributed by atoms with Crippen LogP contribution < -0.4 is 5.32 Å². The van der Waals surface area contributed by atoms with Gasteiger partial charge < -0.3 is 15.1 Å². The summed E-state index contributed by atoms with van der Waals surface area (Å²) in [5, 5.41) is 3.61. The molecule has 20 heavy (non-hydrogen) atoms. The molecular weight excluding hydrogens is 250 g/mol. The third-order valence-corrected chi connectivity index (χ3v) is 6.27. The molecule has 4 aliphatic rings. The van der Waals surface area contributed by atoms with Gasteiger partial charge in [0, 0.05) is 31.2 Å². The predicted molar refractivity (Wildman–Crippen MR) is 78.4 cm³/mol. The largest absolute Gasteiger partial charge is 0.342 e. The van der Waals surface area contributed by atoms with Gasteiger partial charge in [0.15, 0.2) is 0 Å². The SMILES string of the molecule is CN1CCCC2CN(C(=O)C3CC4CCC3N4)CCC21. The Hall–Kier alpha value is -0.610. The highest BCUT2D eigenvalue weighted by Gasteiger charge is 2.45. The van der Waals surface area contributed by atoms with Crippen LogP contribution in [0, 0.1) is 11.8 Å². The molecule has 4 heterocycles. The zero-order valence-electron chi connectivity index (χ0n) is 12.6. The van der Waals surface area contributed by atoms with Crippen LogP contribution in [0.1, 0.15) is 38.5 Å². The van der Waals surface area contributed by atoms with Gasteiger partial charge >= 0.3 is 0 Å². The molecule has 4 rings (SSSR count). The second-order valence-electron chi connectivity index (χ2n) is 7.41. The van der Waals surface area contributed by atoms with Gasteiger partial charge in [-0.3, -0.25) is 4.79 Å². The fraction of sp³-hybridized carbons (Fsp3) is 0.938. The molecule has 0 aromatic heterocycles. The summed E-state index contributed by atoms with van der Waals surface area (Å²) < 4.78 is 0. The van der Waals surface area contributed by atoms with E-state index in [1.165, 1.54) is 38.6 Å². The zero-order chi connectivity index (χ0) is 13.7. The molecule has 0 aromatic carbocycles. The van der Waals surface area contributed by atoms with E-state index >= 15 is 0 Å². The third kappa shape index (κ3) is 2.08. The maximum absolute atomic E-state index is 12.8. The summed E-state index contributed by atoms with van der Waals surface area (Å²) in [5.74, 6) is 1.46. The van der Waals surface area contributed by atoms with E-state index < -0.39 is 0 Å². The van der Waals surface area contributed by atoms with Crippen molar-refractivity contribution in [1.29, 1.82) is 0 Å². The van der Waals surface area contributed by atoms with Gasteiger partial charge in [0.05, 0.1) is 5.92 Å². The van der Waals surface area contributed by atoms with Gasteiger partial charge in [-0.25, -0.2) is 0 Å². The van der Waals surface area contributed by atoms with Crippen molar-refractivity contribution in [2.24, 2.45) is 11.8 Å². The first kappa shape index (κ1) is 13.1. The van der Waals surface area contributed by atoms with Crippen LogP contribution in [0.15, 0.2) is 0 Å². The maximum atomic E-state index is 12.8. The molecule has 4 nitrogen and oxygen atoms in total. The van der Waals surface area contributed by atoms with Crippen molar-refractivity contribution in [2.45, 2.75) is 56.7 Å². The minimum Gasteiger partial charge on any atom is -0.342 e. The van der Waals surface area contributed by atoms with Crippen LogP contribution in [0.3, 0.4) is 0 Å². The minimum absolute atomic E-state index is 0.284. The molecule has 4 heteroatoms. The molecule has 0 aromatic rings. The van der Waals surface area contributed by atoms with Crippen LogP contribution >= 0.6 is 0 Å². The fourth-order valence-corrected chi connectivity index (χ4v) is 5.18. The molecule has 0 saturated carbocycles. The molecule has 5 unspecified atom stereocenters. The van der Waals surface area contributed by atoms with Gasteiger partial charge in [-0.2, -0.15) is 0 Å². The summed E-state index contributed by atoms with van der Waals surface area (Å²) in [7, 11) is 2.26. The van der Waals surface area contributed by atoms with Gasteiger partial charge in [-0.15, -0.1) is 0 Å². The standard InChI is InChI=1S/C16H27N3O/c1-18-7-2-3-11-10-19(8-6-15(11)18)16(20)13-9-12-4-5-14(13)17-12/h11-15,17H,2-10H2,1H3. The summed E-state index contributed by atoms with van der Waals surface area (Å²) in [5.41, 5.74) is 0. The van der Waals surface area contributed by atoms with E-state index in [2.05, 4.69) is 22.2 Å². The zero-order valence-corrected chi connectivity index (χ0v) is 12.6. The summed E-state index contributed by atoms with van der Waals surface area (Å²) in [4.78, 5) is 17.5. The van der Waals surface area contributed by atoms with Crippen molar-refractivity contribution in [1.82, 2.24) is 15.1 Å². The number of nitrogens with zero attached hydrogens (tertiary/aromatic N) is 2. The normalized spacial score (nSPS) is 44.6. The van der Waals surface area contributed by atoms with Gasteiger partial charge in [0.1, 0.15) is 0 Å². The maximum Gasteiger partial charge on any atom is 0.227 e. The molecule has 0 spiro atoms. The number of hydrogen-bond donors (Lipinski definition) is 1. The first-order valence-corrected chi connectivity index (χ1v) is 8.47. The molecule has 0 aliphatic carbocycles. The number of carbonyl (C=O) groups excluding carboxylic acids is 1. The van der Waals surface area contributed by atoms with Gasteiger partial charge in [-0.1, -0.05) is 0 Å². The Labute approximate surface area is 121 Å². The van der Waals surface area contributed by atoms with Crippen LogP contribution in [0.5, 0.6) is 0 Å². The van der Waals surface area contributed by atoms with Crippen LogP contribution in [0.2, 0.25) is 0 Å². The lowest BCUT2D eigenvalue weighted by Crippen LogP contribution is -2.55. The topological polar surface area (TPSA) is 35.6 Å². The number of amides is 1. The third-order valence-electron chi connectivity index (χ3n) is 6.27. The van der Waals surface area contributed by atoms with Crippen molar-refractivity contribution < 1.29 is 4.79 Å². The Morgan fingerprint density at radius 1 is 1.15 bits per heavy atom. The van der Waals surface area contributed by atoms with E-state index in [0.29, 0.717) is 18.0 Å². The van der Waals surface area contributed by atoms with Gasteiger partial charge in [0.2, 0.25) is 5.91 Å². The summed E-state index contributed by atoms with van der Waals surface area (Å²) in [6.07, 6.45) is 7.38. The molecule has 2 bridgehead atoms. The van der Waals surface area contributed by atoms with Crippen molar-refractivity contribution in [3.05, 3.63) is 0 Å². The van der Waals surface area contributed by atoms with Crippen LogP contribution in [0.4, 0.5) is 0 Å². The minimum atomic E-state index is 0.284. The highest BCUT2D eigenvalue weighted by molar-refractivity contribution is 5.80. The van der Waals surface area contributed by atoms with Gasteiger partial charge in [-0.05, 0) is 58.0 Å². The van der Waals surface area contributed by atoms with Gasteiger partial charge in [0.25, 0.3) is 0 Å². The lowest BCUT2D eigenvalue weighted by Gasteiger charge is -2.46. The van der Waals surface area contributed by atoms with E-state index in [1.807, 2.05) is 0 Å². The first-order valence-electron chi connectivity index (χ1n) is 8.47. The number of likely N-dealkylation sites (tertiary alicyclic amines) is 2. The number of carbonyl (C=O) groups is 1. The summed E-state index contributed by atoms with van der Waals surface area (Å²) in [6.45, 7) is 3.24. The molecule has 4 saturated heterocycles. The van der Waals surface area contributed by atoms with E-state index in [-0.39, 0.29) is 5.92 Å². The molecule has 112 valence electrons. The van der Waals surface area contributed by atoms with Crippen molar-refractivity contribution in [3.8, 4) is 0 Å². The number of nitrogens with one attached hydrogen (secondary N) is 1. The van der Waals surface area contributed by atoms with Crippen molar-refractivity contribution >= 4 is 5.91 Å². The van der Waals surface area contributed by atoms with E-state index in [9.17, 15) is 4.79 Å². The quantitative estimate of drug-likeness (QED) is 0.779. The molecule has 1 amide bonds. The lowest BCUT2D eigenvalue weighted by molar-refractivity contribution is -0.139. The van der Waals surface area contributed by atoms with E-state index in [1.54, 1.807) is 0 Å². The molecular formula is C16H27N3O. The van der Waals surface area contributed by atoms with E-state index in [0.717, 1.165) is 31.5 Å². The number of fused-ring (bicyclic) bond motifs is 3. The highest BCUT2D eigenvalue weighted by atomic mass is 16.2. The Kier molecular flexibility index (Phi) is 3.26. The molecule has 4 aliphatic heterocycles. The second kappa shape index (κ2) is 4.99. The molecule has 0 radical (unpaired) electrons. The second-order valence-corrected chi connectivity index (χ2v) is 7.41. The van der Waals surface area contributed by atoms with E-state index in [4.69, 9.17) is 0 Å². The predicted octanol–water partition coefficient (Wildman–Crippen LogP) is 1.07. The van der Waals surface area contributed by atoms with Crippen LogP contribution in [-0.2, 0) is 4.79 Å². The molecule has 1 N–H and O–H groups in total. The van der Waals surface area contributed by atoms with Crippen molar-refractivity contribution in [3.63, 3.8) is 0 Å².